The molecule has 0 aromatic rings. The number of guanidine groups is 1. The average Bonchev–Trinajstić information content (AvgIpc) is 2.69. The Morgan fingerprint density at radius 3 is 2.67 bits per heavy atom. The molecule has 4 nitrogen and oxygen atoms in total. The van der Waals surface area contributed by atoms with Crippen molar-refractivity contribution in [1.82, 2.24) is 9.80 Å². The molecule has 0 radical (unpaired) electrons. The third-order valence-corrected chi connectivity index (χ3v) is 4.32. The molecule has 0 saturated heterocycles. The van der Waals surface area contributed by atoms with Crippen LogP contribution in [0, 0.1) is 5.92 Å². The van der Waals surface area contributed by atoms with Gasteiger partial charge in [-0.2, -0.15) is 0 Å². The molecule has 2 rings (SSSR count). The first-order chi connectivity index (χ1) is 8.66. The normalized spacial score (nSPS) is 25.8. The maximum Gasteiger partial charge on any atom is 0.191 e. The zero-order valence-electron chi connectivity index (χ0n) is 11.9. The highest BCUT2D eigenvalue weighted by Gasteiger charge is 2.28. The van der Waals surface area contributed by atoms with E-state index in [9.17, 15) is 0 Å². The van der Waals surface area contributed by atoms with E-state index in [1.165, 1.54) is 38.5 Å². The molecule has 1 unspecified atom stereocenters. The third-order valence-electron chi connectivity index (χ3n) is 4.32. The number of nitrogens with zero attached hydrogens (tertiary/aromatic N) is 3. The van der Waals surface area contributed by atoms with Crippen LogP contribution in [-0.2, 0) is 0 Å². The summed E-state index contributed by atoms with van der Waals surface area (Å²) in [7, 11) is 4.22. The lowest BCUT2D eigenvalue weighted by atomic mass is 9.84. The topological polar surface area (TPSA) is 44.9 Å². The van der Waals surface area contributed by atoms with Gasteiger partial charge in [-0.15, -0.1) is 0 Å². The summed E-state index contributed by atoms with van der Waals surface area (Å²) in [5, 5.41) is 0. The van der Waals surface area contributed by atoms with E-state index in [-0.39, 0.29) is 0 Å². The van der Waals surface area contributed by atoms with Crippen LogP contribution in [0.4, 0.5) is 0 Å². The summed E-state index contributed by atoms with van der Waals surface area (Å²) in [6.07, 6.45) is 8.40. The summed E-state index contributed by atoms with van der Waals surface area (Å²) in [5.41, 5.74) is 6.02. The summed E-state index contributed by atoms with van der Waals surface area (Å²) < 4.78 is 0. The van der Waals surface area contributed by atoms with Crippen LogP contribution >= 0.6 is 0 Å². The van der Waals surface area contributed by atoms with Crippen molar-refractivity contribution in [1.29, 1.82) is 0 Å². The molecular formula is C14H28N4. The Labute approximate surface area is 111 Å². The van der Waals surface area contributed by atoms with E-state index >= 15 is 0 Å². The minimum atomic E-state index is 0.563. The Morgan fingerprint density at radius 2 is 2.00 bits per heavy atom. The Balaban J connectivity index is 1.83. The van der Waals surface area contributed by atoms with Gasteiger partial charge in [-0.25, -0.2) is 0 Å². The second kappa shape index (κ2) is 6.41. The van der Waals surface area contributed by atoms with E-state index in [0.29, 0.717) is 6.04 Å². The van der Waals surface area contributed by atoms with E-state index in [1.54, 1.807) is 0 Å². The van der Waals surface area contributed by atoms with Gasteiger partial charge in [0.15, 0.2) is 5.96 Å². The molecule has 2 aliphatic rings. The highest BCUT2D eigenvalue weighted by Crippen LogP contribution is 2.29. The second-order valence-corrected chi connectivity index (χ2v) is 6.09. The smallest absolute Gasteiger partial charge is 0.191 e. The van der Waals surface area contributed by atoms with Crippen LogP contribution in [-0.4, -0.2) is 55.5 Å². The van der Waals surface area contributed by atoms with Gasteiger partial charge in [-0.05, 0) is 26.4 Å². The first kappa shape index (κ1) is 13.7. The van der Waals surface area contributed by atoms with Crippen molar-refractivity contribution in [3.63, 3.8) is 0 Å². The van der Waals surface area contributed by atoms with Gasteiger partial charge < -0.3 is 15.5 Å². The lowest BCUT2D eigenvalue weighted by Crippen LogP contribution is -2.44. The molecule has 18 heavy (non-hydrogen) atoms. The minimum absolute atomic E-state index is 0.563. The van der Waals surface area contributed by atoms with Crippen molar-refractivity contribution in [2.75, 3.05) is 33.7 Å². The van der Waals surface area contributed by atoms with Crippen molar-refractivity contribution in [3.05, 3.63) is 0 Å². The highest BCUT2D eigenvalue weighted by atomic mass is 15.3. The standard InChI is InChI=1S/C14H28N4/c1-17(2)8-9-18-13(11-16-14(18)15)10-12-6-4-3-5-7-12/h12-13H,3-11H2,1-2H3,(H2,15,16). The van der Waals surface area contributed by atoms with Crippen LogP contribution in [0.5, 0.6) is 0 Å². The van der Waals surface area contributed by atoms with Gasteiger partial charge in [-0.3, -0.25) is 4.99 Å². The van der Waals surface area contributed by atoms with Gasteiger partial charge in [0.05, 0.1) is 12.6 Å². The minimum Gasteiger partial charge on any atom is -0.370 e. The Kier molecular flexibility index (Phi) is 4.87. The predicted molar refractivity (Wildman–Crippen MR) is 76.7 cm³/mol. The number of aliphatic imine (C=N–C) groups is 1. The Morgan fingerprint density at radius 1 is 1.28 bits per heavy atom. The molecule has 104 valence electrons. The van der Waals surface area contributed by atoms with Crippen molar-refractivity contribution >= 4 is 5.96 Å². The molecule has 0 aromatic heterocycles. The summed E-state index contributed by atoms with van der Waals surface area (Å²) >= 11 is 0. The molecule has 1 aliphatic heterocycles. The first-order valence-corrected chi connectivity index (χ1v) is 7.38. The fraction of sp³-hybridized carbons (Fsp3) is 0.929. The molecule has 1 aliphatic carbocycles. The van der Waals surface area contributed by atoms with Crippen molar-refractivity contribution < 1.29 is 0 Å². The number of hydrogen-bond acceptors (Lipinski definition) is 4. The van der Waals surface area contributed by atoms with Gasteiger partial charge in [-0.1, -0.05) is 32.1 Å². The number of rotatable bonds is 5. The van der Waals surface area contributed by atoms with Crippen LogP contribution in [0.3, 0.4) is 0 Å². The largest absolute Gasteiger partial charge is 0.370 e. The average molecular weight is 252 g/mol. The van der Waals surface area contributed by atoms with Gasteiger partial charge in [0, 0.05) is 13.1 Å². The van der Waals surface area contributed by atoms with Gasteiger partial charge in [0.2, 0.25) is 0 Å². The molecule has 1 atom stereocenters. The van der Waals surface area contributed by atoms with Gasteiger partial charge in [0.1, 0.15) is 0 Å². The first-order valence-electron chi connectivity index (χ1n) is 7.38. The molecule has 0 amide bonds. The SMILES string of the molecule is CN(C)CCN1C(N)=NCC1CC1CCCCC1. The van der Waals surface area contributed by atoms with Crippen LogP contribution in [0.25, 0.3) is 0 Å². The van der Waals surface area contributed by atoms with E-state index < -0.39 is 0 Å². The van der Waals surface area contributed by atoms with Crippen molar-refractivity contribution in [2.45, 2.75) is 44.6 Å². The zero-order chi connectivity index (χ0) is 13.0. The molecule has 0 bridgehead atoms. The van der Waals surface area contributed by atoms with Gasteiger partial charge >= 0.3 is 0 Å². The van der Waals surface area contributed by atoms with Crippen LogP contribution in [0.2, 0.25) is 0 Å². The van der Waals surface area contributed by atoms with Crippen molar-refractivity contribution in [2.24, 2.45) is 16.6 Å². The van der Waals surface area contributed by atoms with E-state index in [1.807, 2.05) is 0 Å². The Hall–Kier alpha value is -0.770. The summed E-state index contributed by atoms with van der Waals surface area (Å²) in [6, 6.07) is 0.563. The molecule has 4 heteroatoms. The molecule has 1 fully saturated rings. The third kappa shape index (κ3) is 3.61. The summed E-state index contributed by atoms with van der Waals surface area (Å²) in [6.45, 7) is 2.98. The highest BCUT2D eigenvalue weighted by molar-refractivity contribution is 5.80. The fourth-order valence-electron chi connectivity index (χ4n) is 3.19. The van der Waals surface area contributed by atoms with Crippen LogP contribution in [0.1, 0.15) is 38.5 Å². The molecule has 0 spiro atoms. The second-order valence-electron chi connectivity index (χ2n) is 6.09. The fourth-order valence-corrected chi connectivity index (χ4v) is 3.19. The molecule has 1 saturated carbocycles. The van der Waals surface area contributed by atoms with Crippen LogP contribution < -0.4 is 5.73 Å². The quantitative estimate of drug-likeness (QED) is 0.807. The lowest BCUT2D eigenvalue weighted by molar-refractivity contribution is 0.230. The molecule has 1 heterocycles. The van der Waals surface area contributed by atoms with Crippen molar-refractivity contribution in [3.8, 4) is 0 Å². The molecular weight excluding hydrogens is 224 g/mol. The Bertz CT molecular complexity index is 282. The molecule has 2 N–H and O–H groups in total. The van der Waals surface area contributed by atoms with Gasteiger partial charge in [0.25, 0.3) is 0 Å². The maximum absolute atomic E-state index is 6.02. The number of likely N-dealkylation sites (N-methyl/N-ethyl adjacent to an activating group) is 1. The monoisotopic (exact) mass is 252 g/mol. The molecule has 0 aromatic carbocycles. The van der Waals surface area contributed by atoms with E-state index in [2.05, 4.69) is 28.9 Å². The van der Waals surface area contributed by atoms with E-state index in [0.717, 1.165) is 31.5 Å². The van der Waals surface area contributed by atoms with Crippen LogP contribution in [0.15, 0.2) is 4.99 Å². The van der Waals surface area contributed by atoms with E-state index in [4.69, 9.17) is 5.73 Å². The summed E-state index contributed by atoms with van der Waals surface area (Å²) in [5.74, 6) is 1.67. The number of nitrogens with two attached hydrogens (primary N) is 1. The zero-order valence-corrected chi connectivity index (χ0v) is 11.9. The summed E-state index contributed by atoms with van der Waals surface area (Å²) in [4.78, 5) is 8.98. The number of hydrogen-bond donors (Lipinski definition) is 1. The lowest BCUT2D eigenvalue weighted by Gasteiger charge is -2.31. The predicted octanol–water partition coefficient (Wildman–Crippen LogP) is 1.52. The maximum atomic E-state index is 6.02.